The van der Waals surface area contributed by atoms with E-state index in [4.69, 9.17) is 4.74 Å². The van der Waals surface area contributed by atoms with Gasteiger partial charge in [0.15, 0.2) is 0 Å². The summed E-state index contributed by atoms with van der Waals surface area (Å²) < 4.78 is 5.30. The molecule has 0 saturated heterocycles. The molecule has 0 amide bonds. The lowest BCUT2D eigenvalue weighted by Crippen LogP contribution is -2.27. The molecule has 1 aliphatic rings. The van der Waals surface area contributed by atoms with Crippen LogP contribution in [-0.2, 0) is 6.42 Å². The number of aliphatic hydroxyl groups is 1. The molecule has 0 radical (unpaired) electrons. The Hall–Kier alpha value is -1.06. The predicted molar refractivity (Wildman–Crippen MR) is 73.0 cm³/mol. The number of hydrogen-bond acceptors (Lipinski definition) is 3. The first kappa shape index (κ1) is 13.4. The summed E-state index contributed by atoms with van der Waals surface area (Å²) in [5.74, 6) is 0.929. The van der Waals surface area contributed by atoms with E-state index in [0.717, 1.165) is 25.1 Å². The minimum atomic E-state index is -0.231. The zero-order valence-electron chi connectivity index (χ0n) is 11.3. The Morgan fingerprint density at radius 1 is 1.50 bits per heavy atom. The van der Waals surface area contributed by atoms with Crippen molar-refractivity contribution in [2.45, 2.75) is 44.8 Å². The number of aliphatic hydroxyl groups excluding tert-OH is 1. The third kappa shape index (κ3) is 3.24. The minimum Gasteiger partial charge on any atom is -0.497 e. The maximum atomic E-state index is 9.30. The standard InChI is InChI=1S/C15H23NO2/c1-11(17)8-9-16-15-5-3-4-12-6-7-13(18-2)10-14(12)15/h6-7,10-11,15-17H,3-5,8-9H2,1-2H3. The Morgan fingerprint density at radius 2 is 2.33 bits per heavy atom. The van der Waals surface area contributed by atoms with Gasteiger partial charge in [0, 0.05) is 6.04 Å². The number of methoxy groups -OCH3 is 1. The first-order chi connectivity index (χ1) is 8.70. The van der Waals surface area contributed by atoms with Crippen molar-refractivity contribution in [3.8, 4) is 5.75 Å². The van der Waals surface area contributed by atoms with E-state index in [9.17, 15) is 5.11 Å². The van der Waals surface area contributed by atoms with Gasteiger partial charge in [-0.15, -0.1) is 0 Å². The summed E-state index contributed by atoms with van der Waals surface area (Å²) in [5, 5.41) is 12.8. The molecule has 2 atom stereocenters. The molecule has 3 heteroatoms. The van der Waals surface area contributed by atoms with E-state index < -0.39 is 0 Å². The normalized spacial score (nSPS) is 20.3. The molecule has 0 heterocycles. The molecular weight excluding hydrogens is 226 g/mol. The molecular formula is C15H23NO2. The summed E-state index contributed by atoms with van der Waals surface area (Å²) >= 11 is 0. The largest absolute Gasteiger partial charge is 0.497 e. The summed E-state index contributed by atoms with van der Waals surface area (Å²) in [6.07, 6.45) is 4.13. The van der Waals surface area contributed by atoms with Crippen LogP contribution in [0, 0.1) is 0 Å². The van der Waals surface area contributed by atoms with Gasteiger partial charge in [0.1, 0.15) is 5.75 Å². The van der Waals surface area contributed by atoms with Gasteiger partial charge in [-0.05, 0) is 62.4 Å². The zero-order chi connectivity index (χ0) is 13.0. The minimum absolute atomic E-state index is 0.231. The van der Waals surface area contributed by atoms with E-state index in [1.807, 2.05) is 13.0 Å². The van der Waals surface area contributed by atoms with Gasteiger partial charge >= 0.3 is 0 Å². The molecule has 1 aliphatic carbocycles. The van der Waals surface area contributed by atoms with Crippen molar-refractivity contribution >= 4 is 0 Å². The van der Waals surface area contributed by atoms with E-state index in [1.54, 1.807) is 7.11 Å². The Kier molecular flexibility index (Phi) is 4.61. The van der Waals surface area contributed by atoms with Gasteiger partial charge in [-0.2, -0.15) is 0 Å². The lowest BCUT2D eigenvalue weighted by atomic mass is 9.87. The van der Waals surface area contributed by atoms with Crippen molar-refractivity contribution in [2.75, 3.05) is 13.7 Å². The maximum Gasteiger partial charge on any atom is 0.119 e. The summed E-state index contributed by atoms with van der Waals surface area (Å²) in [6.45, 7) is 2.69. The maximum absolute atomic E-state index is 9.30. The van der Waals surface area contributed by atoms with Gasteiger partial charge in [-0.3, -0.25) is 0 Å². The van der Waals surface area contributed by atoms with Gasteiger partial charge in [-0.1, -0.05) is 6.07 Å². The van der Waals surface area contributed by atoms with Crippen molar-refractivity contribution in [1.82, 2.24) is 5.32 Å². The molecule has 2 N–H and O–H groups in total. The summed E-state index contributed by atoms with van der Waals surface area (Å²) in [4.78, 5) is 0. The van der Waals surface area contributed by atoms with Crippen LogP contribution in [0.15, 0.2) is 18.2 Å². The van der Waals surface area contributed by atoms with E-state index in [-0.39, 0.29) is 6.10 Å². The highest BCUT2D eigenvalue weighted by Crippen LogP contribution is 2.32. The Balaban J connectivity index is 2.06. The second-order valence-corrected chi connectivity index (χ2v) is 5.10. The molecule has 1 aromatic rings. The first-order valence-corrected chi connectivity index (χ1v) is 6.79. The van der Waals surface area contributed by atoms with Crippen LogP contribution in [0.5, 0.6) is 5.75 Å². The fourth-order valence-electron chi connectivity index (χ4n) is 2.58. The molecule has 1 aromatic carbocycles. The highest BCUT2D eigenvalue weighted by atomic mass is 16.5. The number of nitrogens with one attached hydrogen (secondary N) is 1. The van der Waals surface area contributed by atoms with Crippen LogP contribution in [0.4, 0.5) is 0 Å². The third-order valence-electron chi connectivity index (χ3n) is 3.62. The number of rotatable bonds is 5. The van der Waals surface area contributed by atoms with Gasteiger partial charge in [0.2, 0.25) is 0 Å². The average Bonchev–Trinajstić information content (AvgIpc) is 2.38. The lowest BCUT2D eigenvalue weighted by molar-refractivity contribution is 0.181. The van der Waals surface area contributed by atoms with Crippen LogP contribution in [0.25, 0.3) is 0 Å². The van der Waals surface area contributed by atoms with Crippen LogP contribution in [0.2, 0.25) is 0 Å². The number of hydrogen-bond donors (Lipinski definition) is 2. The third-order valence-corrected chi connectivity index (χ3v) is 3.62. The molecule has 3 nitrogen and oxygen atoms in total. The van der Waals surface area contributed by atoms with Crippen LogP contribution in [0.1, 0.15) is 43.4 Å². The van der Waals surface area contributed by atoms with Crippen molar-refractivity contribution in [2.24, 2.45) is 0 Å². The van der Waals surface area contributed by atoms with Crippen LogP contribution >= 0.6 is 0 Å². The monoisotopic (exact) mass is 249 g/mol. The summed E-state index contributed by atoms with van der Waals surface area (Å²) in [5.41, 5.74) is 2.79. The molecule has 0 aliphatic heterocycles. The Morgan fingerprint density at radius 3 is 3.06 bits per heavy atom. The van der Waals surface area contributed by atoms with Crippen molar-refractivity contribution in [3.63, 3.8) is 0 Å². The summed E-state index contributed by atoms with van der Waals surface area (Å²) in [6, 6.07) is 6.77. The van der Waals surface area contributed by atoms with E-state index in [2.05, 4.69) is 17.4 Å². The van der Waals surface area contributed by atoms with Gasteiger partial charge in [0.25, 0.3) is 0 Å². The van der Waals surface area contributed by atoms with Gasteiger partial charge < -0.3 is 15.2 Å². The molecule has 100 valence electrons. The van der Waals surface area contributed by atoms with E-state index in [0.29, 0.717) is 6.04 Å². The second-order valence-electron chi connectivity index (χ2n) is 5.10. The van der Waals surface area contributed by atoms with E-state index in [1.165, 1.54) is 24.0 Å². The molecule has 0 spiro atoms. The van der Waals surface area contributed by atoms with Gasteiger partial charge in [0.05, 0.1) is 13.2 Å². The SMILES string of the molecule is COc1ccc2c(c1)C(NCCC(C)O)CCC2. The topological polar surface area (TPSA) is 41.5 Å². The molecule has 0 aromatic heterocycles. The van der Waals surface area contributed by atoms with Gasteiger partial charge in [-0.25, -0.2) is 0 Å². The molecule has 2 rings (SSSR count). The number of aryl methyl sites for hydroxylation is 1. The highest BCUT2D eigenvalue weighted by molar-refractivity contribution is 5.39. The highest BCUT2D eigenvalue weighted by Gasteiger charge is 2.20. The quantitative estimate of drug-likeness (QED) is 0.842. The average molecular weight is 249 g/mol. The number of ether oxygens (including phenoxy) is 1. The lowest BCUT2D eigenvalue weighted by Gasteiger charge is -2.27. The molecule has 18 heavy (non-hydrogen) atoms. The Bertz CT molecular complexity index is 390. The van der Waals surface area contributed by atoms with Crippen LogP contribution < -0.4 is 10.1 Å². The van der Waals surface area contributed by atoms with Crippen molar-refractivity contribution in [3.05, 3.63) is 29.3 Å². The smallest absolute Gasteiger partial charge is 0.119 e. The molecule has 2 unspecified atom stereocenters. The second kappa shape index (κ2) is 6.21. The number of benzene rings is 1. The van der Waals surface area contributed by atoms with Crippen molar-refractivity contribution in [1.29, 1.82) is 0 Å². The predicted octanol–water partition coefficient (Wildman–Crippen LogP) is 2.43. The first-order valence-electron chi connectivity index (χ1n) is 6.79. The molecule has 0 saturated carbocycles. The zero-order valence-corrected chi connectivity index (χ0v) is 11.3. The van der Waals surface area contributed by atoms with Crippen LogP contribution in [0.3, 0.4) is 0 Å². The molecule has 0 fully saturated rings. The fraction of sp³-hybridized carbons (Fsp3) is 0.600. The van der Waals surface area contributed by atoms with E-state index >= 15 is 0 Å². The number of fused-ring (bicyclic) bond motifs is 1. The fourth-order valence-corrected chi connectivity index (χ4v) is 2.58. The van der Waals surface area contributed by atoms with Crippen molar-refractivity contribution < 1.29 is 9.84 Å². The molecule has 0 bridgehead atoms. The van der Waals surface area contributed by atoms with Crippen LogP contribution in [-0.4, -0.2) is 24.9 Å². The summed E-state index contributed by atoms with van der Waals surface area (Å²) in [7, 11) is 1.71. The Labute approximate surface area is 109 Å².